The summed E-state index contributed by atoms with van der Waals surface area (Å²) >= 11 is 0. The highest BCUT2D eigenvalue weighted by molar-refractivity contribution is 6.32. The Labute approximate surface area is 161 Å². The van der Waals surface area contributed by atoms with E-state index in [9.17, 15) is 19.6 Å². The molecule has 2 heterocycles. The minimum absolute atomic E-state index is 0.0344. The van der Waals surface area contributed by atoms with Gasteiger partial charge in [0.05, 0.1) is 11.5 Å². The van der Waals surface area contributed by atoms with Crippen molar-refractivity contribution in [3.63, 3.8) is 0 Å². The predicted molar refractivity (Wildman–Crippen MR) is 98.7 cm³/mol. The molecular weight excluding hydrogens is 358 g/mol. The van der Waals surface area contributed by atoms with Gasteiger partial charge in [0.2, 0.25) is 5.91 Å². The molecule has 0 unspecified atom stereocenters. The van der Waals surface area contributed by atoms with Crippen LogP contribution in [0.1, 0.15) is 17.5 Å². The number of anilines is 1. The zero-order chi connectivity index (χ0) is 19.7. The maximum atomic E-state index is 12.7. The lowest BCUT2D eigenvalue weighted by Crippen LogP contribution is -2.43. The van der Waals surface area contributed by atoms with Crippen molar-refractivity contribution in [3.05, 3.63) is 65.7 Å². The SMILES string of the molecule is N#C[C@@H]1C[C@@]2(CN1C(=O)C(=O)OCc1ccccc1)C(=O)Nc1ccccc12. The maximum Gasteiger partial charge on any atom is 0.397 e. The smallest absolute Gasteiger partial charge is 0.397 e. The summed E-state index contributed by atoms with van der Waals surface area (Å²) in [6, 6.07) is 17.4. The fourth-order valence-corrected chi connectivity index (χ4v) is 3.87. The molecule has 0 bridgehead atoms. The number of carbonyl (C=O) groups excluding carboxylic acids is 3. The van der Waals surface area contributed by atoms with Gasteiger partial charge in [0, 0.05) is 18.7 Å². The Morgan fingerprint density at radius 2 is 1.89 bits per heavy atom. The molecule has 2 aliphatic heterocycles. The van der Waals surface area contributed by atoms with Crippen LogP contribution < -0.4 is 5.32 Å². The zero-order valence-corrected chi connectivity index (χ0v) is 14.9. The minimum atomic E-state index is -1.03. The van der Waals surface area contributed by atoms with Gasteiger partial charge in [-0.1, -0.05) is 48.5 Å². The zero-order valence-electron chi connectivity index (χ0n) is 14.9. The molecule has 1 fully saturated rings. The quantitative estimate of drug-likeness (QED) is 0.637. The summed E-state index contributed by atoms with van der Waals surface area (Å²) in [7, 11) is 0. The fraction of sp³-hybridized carbons (Fsp3) is 0.238. The Kier molecular flexibility index (Phi) is 4.32. The largest absolute Gasteiger partial charge is 0.454 e. The number of hydrogen-bond donors (Lipinski definition) is 1. The second kappa shape index (κ2) is 6.82. The van der Waals surface area contributed by atoms with Gasteiger partial charge >= 0.3 is 11.9 Å². The number of likely N-dealkylation sites (tertiary alicyclic amines) is 1. The topological polar surface area (TPSA) is 99.5 Å². The Balaban J connectivity index is 1.53. The van der Waals surface area contributed by atoms with E-state index in [1.807, 2.05) is 18.2 Å². The number of nitrogens with one attached hydrogen (secondary N) is 1. The molecule has 2 aromatic rings. The molecule has 2 amide bonds. The van der Waals surface area contributed by atoms with Crippen LogP contribution in [0.4, 0.5) is 5.69 Å². The molecule has 1 N–H and O–H groups in total. The molecule has 7 nitrogen and oxygen atoms in total. The van der Waals surface area contributed by atoms with Crippen molar-refractivity contribution in [2.75, 3.05) is 11.9 Å². The lowest BCUT2D eigenvalue weighted by molar-refractivity contribution is -0.161. The van der Waals surface area contributed by atoms with Gasteiger partial charge in [0.1, 0.15) is 12.6 Å². The fourth-order valence-electron chi connectivity index (χ4n) is 3.87. The van der Waals surface area contributed by atoms with Gasteiger partial charge in [0.15, 0.2) is 0 Å². The number of fused-ring (bicyclic) bond motifs is 2. The lowest BCUT2D eigenvalue weighted by Gasteiger charge is -2.22. The molecule has 0 saturated carbocycles. The Morgan fingerprint density at radius 1 is 1.18 bits per heavy atom. The third-order valence-electron chi connectivity index (χ3n) is 5.28. The number of benzene rings is 2. The molecule has 2 aliphatic rings. The number of nitrogens with zero attached hydrogens (tertiary/aromatic N) is 2. The van der Waals surface area contributed by atoms with E-state index in [2.05, 4.69) is 5.32 Å². The summed E-state index contributed by atoms with van der Waals surface area (Å²) in [5.74, 6) is -2.20. The van der Waals surface area contributed by atoms with Crippen molar-refractivity contribution in [1.29, 1.82) is 5.26 Å². The normalized spacial score (nSPS) is 22.5. The molecule has 140 valence electrons. The van der Waals surface area contributed by atoms with Crippen molar-refractivity contribution >= 4 is 23.5 Å². The Hall–Kier alpha value is -3.66. The third-order valence-corrected chi connectivity index (χ3v) is 5.28. The van der Waals surface area contributed by atoms with Gasteiger partial charge in [0.25, 0.3) is 0 Å². The van der Waals surface area contributed by atoms with Crippen LogP contribution in [0.25, 0.3) is 0 Å². The van der Waals surface area contributed by atoms with E-state index in [1.165, 1.54) is 0 Å². The summed E-state index contributed by atoms with van der Waals surface area (Å²) < 4.78 is 5.10. The molecule has 7 heteroatoms. The van der Waals surface area contributed by atoms with Gasteiger partial charge in [-0.2, -0.15) is 5.26 Å². The number of para-hydroxylation sites is 1. The van der Waals surface area contributed by atoms with Crippen molar-refractivity contribution in [2.24, 2.45) is 0 Å². The molecule has 2 atom stereocenters. The number of hydrogen-bond acceptors (Lipinski definition) is 5. The van der Waals surface area contributed by atoms with Crippen LogP contribution >= 0.6 is 0 Å². The molecule has 1 spiro atoms. The summed E-state index contributed by atoms with van der Waals surface area (Å²) in [6.45, 7) is -0.0712. The van der Waals surface area contributed by atoms with Crippen molar-refractivity contribution in [3.8, 4) is 6.07 Å². The van der Waals surface area contributed by atoms with Crippen LogP contribution in [0.3, 0.4) is 0 Å². The summed E-state index contributed by atoms with van der Waals surface area (Å²) in [5.41, 5.74) is 1.15. The average Bonchev–Trinajstić information content (AvgIpc) is 3.25. The van der Waals surface area contributed by atoms with E-state index in [-0.39, 0.29) is 25.5 Å². The van der Waals surface area contributed by atoms with Crippen LogP contribution in [-0.2, 0) is 31.1 Å². The standard InChI is InChI=1S/C21H17N3O4/c22-11-15-10-21(16-8-4-5-9-17(16)23-20(21)27)13-24(15)18(25)19(26)28-12-14-6-2-1-3-7-14/h1-9,15H,10,12-13H2,(H,23,27)/t15-,21-/m0/s1. The monoisotopic (exact) mass is 375 g/mol. The first-order chi connectivity index (χ1) is 13.5. The lowest BCUT2D eigenvalue weighted by atomic mass is 9.80. The number of amides is 2. The van der Waals surface area contributed by atoms with E-state index in [0.29, 0.717) is 5.69 Å². The number of nitriles is 1. The highest BCUT2D eigenvalue weighted by Crippen LogP contribution is 2.46. The number of esters is 1. The van der Waals surface area contributed by atoms with Gasteiger partial charge in [-0.15, -0.1) is 0 Å². The Morgan fingerprint density at radius 3 is 2.64 bits per heavy atom. The van der Waals surface area contributed by atoms with Crippen LogP contribution in [0.2, 0.25) is 0 Å². The average molecular weight is 375 g/mol. The molecule has 0 aliphatic carbocycles. The highest BCUT2D eigenvalue weighted by atomic mass is 16.5. The first kappa shape index (κ1) is 17.7. The molecule has 2 aromatic carbocycles. The van der Waals surface area contributed by atoms with Crippen LogP contribution in [0, 0.1) is 11.3 Å². The summed E-state index contributed by atoms with van der Waals surface area (Å²) in [5, 5.41) is 12.3. The van der Waals surface area contributed by atoms with Gasteiger partial charge < -0.3 is 15.0 Å². The number of carbonyl (C=O) groups is 3. The Bertz CT molecular complexity index is 998. The summed E-state index contributed by atoms with van der Waals surface area (Å²) in [6.07, 6.45) is 0.143. The van der Waals surface area contributed by atoms with Gasteiger partial charge in [-0.25, -0.2) is 4.79 Å². The van der Waals surface area contributed by atoms with E-state index >= 15 is 0 Å². The minimum Gasteiger partial charge on any atom is -0.454 e. The van der Waals surface area contributed by atoms with Crippen molar-refractivity contribution in [2.45, 2.75) is 24.5 Å². The van der Waals surface area contributed by atoms with Crippen molar-refractivity contribution in [1.82, 2.24) is 4.90 Å². The van der Waals surface area contributed by atoms with Gasteiger partial charge in [-0.3, -0.25) is 9.59 Å². The molecule has 0 radical (unpaired) electrons. The number of ether oxygens (including phenoxy) is 1. The number of rotatable bonds is 2. The molecule has 0 aromatic heterocycles. The van der Waals surface area contributed by atoms with E-state index in [1.54, 1.807) is 42.5 Å². The molecule has 4 rings (SSSR count). The first-order valence-electron chi connectivity index (χ1n) is 8.87. The predicted octanol–water partition coefficient (Wildman–Crippen LogP) is 1.74. The van der Waals surface area contributed by atoms with E-state index in [0.717, 1.165) is 16.0 Å². The maximum absolute atomic E-state index is 12.7. The van der Waals surface area contributed by atoms with Crippen LogP contribution in [0.15, 0.2) is 54.6 Å². The second-order valence-corrected chi connectivity index (χ2v) is 6.93. The second-order valence-electron chi connectivity index (χ2n) is 6.93. The van der Waals surface area contributed by atoms with Crippen molar-refractivity contribution < 1.29 is 19.1 Å². The highest BCUT2D eigenvalue weighted by Gasteiger charge is 2.56. The van der Waals surface area contributed by atoms with Gasteiger partial charge in [-0.05, 0) is 17.2 Å². The van der Waals surface area contributed by atoms with Crippen LogP contribution in [0.5, 0.6) is 0 Å². The molecule has 1 saturated heterocycles. The third kappa shape index (κ3) is 2.79. The summed E-state index contributed by atoms with van der Waals surface area (Å²) in [4.78, 5) is 38.8. The van der Waals surface area contributed by atoms with Crippen LogP contribution in [-0.4, -0.2) is 35.3 Å². The van der Waals surface area contributed by atoms with E-state index < -0.39 is 23.3 Å². The van der Waals surface area contributed by atoms with E-state index in [4.69, 9.17) is 4.74 Å². The first-order valence-corrected chi connectivity index (χ1v) is 8.87. The molecule has 28 heavy (non-hydrogen) atoms. The molecular formula is C21H17N3O4.